The lowest BCUT2D eigenvalue weighted by molar-refractivity contribution is -0.146. The minimum absolute atomic E-state index is 0.0100. The first-order chi connectivity index (χ1) is 13.8. The summed E-state index contributed by atoms with van der Waals surface area (Å²) in [5.41, 5.74) is -0.0100. The summed E-state index contributed by atoms with van der Waals surface area (Å²) in [6, 6.07) is 11.1. The minimum Gasteiger partial charge on any atom is -0.354 e. The molecular weight excluding hydrogens is 409 g/mol. The number of hydrogen-bond donors (Lipinski definition) is 0. The fourth-order valence-electron chi connectivity index (χ4n) is 3.23. The summed E-state index contributed by atoms with van der Waals surface area (Å²) in [5.74, 6) is -0.890. The molecule has 3 heterocycles. The van der Waals surface area contributed by atoms with Crippen molar-refractivity contribution >= 4 is 21.5 Å². The summed E-state index contributed by atoms with van der Waals surface area (Å²) in [5, 5.41) is 10.7. The van der Waals surface area contributed by atoms with Crippen molar-refractivity contribution in [3.63, 3.8) is 0 Å². The van der Waals surface area contributed by atoms with Crippen LogP contribution >= 0.6 is 0 Å². The molecule has 1 aliphatic rings. The lowest BCUT2D eigenvalue weighted by atomic mass is 10.4. The summed E-state index contributed by atoms with van der Waals surface area (Å²) in [4.78, 5) is 1.98. The third kappa shape index (κ3) is 3.77. The molecule has 1 fully saturated rings. The zero-order valence-corrected chi connectivity index (χ0v) is 15.9. The van der Waals surface area contributed by atoms with Gasteiger partial charge >= 0.3 is 6.18 Å². The van der Waals surface area contributed by atoms with Crippen LogP contribution in [0.25, 0.3) is 5.65 Å². The van der Waals surface area contributed by atoms with E-state index in [1.807, 2.05) is 0 Å². The SMILES string of the molecule is O=S(=O)(c1ccccc1)N1CCCN(c2ccc3nnc(C(F)(F)F)n3n2)CC1. The number of halogens is 3. The maximum Gasteiger partial charge on any atom is 0.453 e. The van der Waals surface area contributed by atoms with Gasteiger partial charge < -0.3 is 4.90 Å². The number of aromatic nitrogens is 4. The molecule has 0 spiro atoms. The third-order valence-electron chi connectivity index (χ3n) is 4.66. The second-order valence-electron chi connectivity index (χ2n) is 6.54. The summed E-state index contributed by atoms with van der Waals surface area (Å²) >= 11 is 0. The molecule has 0 aliphatic carbocycles. The number of rotatable bonds is 3. The van der Waals surface area contributed by atoms with Crippen molar-refractivity contribution in [2.75, 3.05) is 31.1 Å². The fraction of sp³-hybridized carbons (Fsp3) is 0.353. The highest BCUT2D eigenvalue weighted by Gasteiger charge is 2.38. The summed E-state index contributed by atoms with van der Waals surface area (Å²) in [6.45, 7) is 1.28. The van der Waals surface area contributed by atoms with E-state index in [4.69, 9.17) is 0 Å². The normalized spacial score (nSPS) is 16.9. The highest BCUT2D eigenvalue weighted by molar-refractivity contribution is 7.89. The molecule has 12 heteroatoms. The molecule has 8 nitrogen and oxygen atoms in total. The van der Waals surface area contributed by atoms with Gasteiger partial charge in [-0.15, -0.1) is 15.3 Å². The van der Waals surface area contributed by atoms with E-state index < -0.39 is 22.0 Å². The molecule has 3 aromatic rings. The van der Waals surface area contributed by atoms with Crippen molar-refractivity contribution in [1.29, 1.82) is 0 Å². The zero-order valence-electron chi connectivity index (χ0n) is 15.1. The van der Waals surface area contributed by atoms with Crippen LogP contribution in [0.1, 0.15) is 12.2 Å². The van der Waals surface area contributed by atoms with Crippen LogP contribution in [0.15, 0.2) is 47.4 Å². The van der Waals surface area contributed by atoms with Gasteiger partial charge in [0.25, 0.3) is 5.82 Å². The number of alkyl halides is 3. The molecule has 0 amide bonds. The Bertz CT molecular complexity index is 1120. The molecule has 1 aromatic carbocycles. The smallest absolute Gasteiger partial charge is 0.354 e. The van der Waals surface area contributed by atoms with Gasteiger partial charge in [0, 0.05) is 26.2 Å². The largest absolute Gasteiger partial charge is 0.453 e. The highest BCUT2D eigenvalue weighted by atomic mass is 32.2. The average molecular weight is 426 g/mol. The Morgan fingerprint density at radius 3 is 2.38 bits per heavy atom. The van der Waals surface area contributed by atoms with Gasteiger partial charge in [0.1, 0.15) is 5.82 Å². The van der Waals surface area contributed by atoms with E-state index in [9.17, 15) is 21.6 Å². The minimum atomic E-state index is -4.68. The van der Waals surface area contributed by atoms with Crippen LogP contribution in [-0.2, 0) is 16.2 Å². The maximum atomic E-state index is 13.1. The Balaban J connectivity index is 1.57. The number of benzene rings is 1. The van der Waals surface area contributed by atoms with Gasteiger partial charge in [-0.1, -0.05) is 18.2 Å². The summed E-state index contributed by atoms with van der Waals surface area (Å²) in [7, 11) is -3.63. The van der Waals surface area contributed by atoms with Gasteiger partial charge in [-0.2, -0.15) is 22.0 Å². The van der Waals surface area contributed by atoms with Crippen LogP contribution in [0.4, 0.5) is 19.0 Å². The average Bonchev–Trinajstić information content (AvgIpc) is 2.97. The predicted molar refractivity (Wildman–Crippen MR) is 97.8 cm³/mol. The van der Waals surface area contributed by atoms with Gasteiger partial charge in [0.15, 0.2) is 5.65 Å². The second kappa shape index (κ2) is 7.26. The molecule has 0 radical (unpaired) electrons. The van der Waals surface area contributed by atoms with Crippen LogP contribution in [0.3, 0.4) is 0 Å². The number of sulfonamides is 1. The van der Waals surface area contributed by atoms with Crippen LogP contribution in [0, 0.1) is 0 Å². The number of hydrogen-bond acceptors (Lipinski definition) is 6. The Labute approximate surface area is 164 Å². The first-order valence-corrected chi connectivity index (χ1v) is 10.3. The van der Waals surface area contributed by atoms with E-state index in [1.54, 1.807) is 29.2 Å². The molecule has 1 aliphatic heterocycles. The van der Waals surface area contributed by atoms with E-state index in [2.05, 4.69) is 15.3 Å². The van der Waals surface area contributed by atoms with Crippen molar-refractivity contribution in [2.24, 2.45) is 0 Å². The Kier molecular flexibility index (Phi) is 4.90. The standard InChI is InChI=1S/C17H17F3N6O2S/c18-17(19,20)16-22-21-14-7-8-15(23-26(14)16)24-9-4-10-25(12-11-24)29(27,28)13-5-2-1-3-6-13/h1-3,5-8H,4,9-12H2. The van der Waals surface area contributed by atoms with Crippen molar-refractivity contribution < 1.29 is 21.6 Å². The number of nitrogens with zero attached hydrogens (tertiary/aromatic N) is 6. The summed E-state index contributed by atoms with van der Waals surface area (Å²) < 4.78 is 67.0. The molecule has 154 valence electrons. The molecule has 0 bridgehead atoms. The lowest BCUT2D eigenvalue weighted by Gasteiger charge is -2.22. The maximum absolute atomic E-state index is 13.1. The second-order valence-corrected chi connectivity index (χ2v) is 8.48. The lowest BCUT2D eigenvalue weighted by Crippen LogP contribution is -2.35. The van der Waals surface area contributed by atoms with E-state index >= 15 is 0 Å². The number of fused-ring (bicyclic) bond motifs is 1. The molecule has 4 rings (SSSR count). The van der Waals surface area contributed by atoms with Gasteiger partial charge in [0.05, 0.1) is 4.90 Å². The molecule has 0 N–H and O–H groups in total. The molecule has 0 atom stereocenters. The van der Waals surface area contributed by atoms with Crippen LogP contribution in [-0.4, -0.2) is 58.7 Å². The molecule has 0 saturated carbocycles. The Hall–Kier alpha value is -2.73. The molecule has 2 aromatic heterocycles. The van der Waals surface area contributed by atoms with E-state index in [1.165, 1.54) is 22.5 Å². The van der Waals surface area contributed by atoms with Crippen molar-refractivity contribution in [3.05, 3.63) is 48.3 Å². The van der Waals surface area contributed by atoms with Crippen molar-refractivity contribution in [3.8, 4) is 0 Å². The van der Waals surface area contributed by atoms with Gasteiger partial charge in [-0.25, -0.2) is 8.42 Å². The monoisotopic (exact) mass is 426 g/mol. The van der Waals surface area contributed by atoms with Crippen LogP contribution in [0.2, 0.25) is 0 Å². The van der Waals surface area contributed by atoms with Crippen molar-refractivity contribution in [1.82, 2.24) is 24.1 Å². The molecule has 29 heavy (non-hydrogen) atoms. The van der Waals surface area contributed by atoms with Gasteiger partial charge in [0.2, 0.25) is 10.0 Å². The topological polar surface area (TPSA) is 83.7 Å². The Morgan fingerprint density at radius 2 is 1.66 bits per heavy atom. The van der Waals surface area contributed by atoms with E-state index in [0.29, 0.717) is 36.4 Å². The zero-order chi connectivity index (χ0) is 20.6. The molecule has 1 saturated heterocycles. The fourth-order valence-corrected chi connectivity index (χ4v) is 4.72. The van der Waals surface area contributed by atoms with Gasteiger partial charge in [-0.3, -0.25) is 0 Å². The first kappa shape index (κ1) is 19.6. The van der Waals surface area contributed by atoms with E-state index in [-0.39, 0.29) is 17.1 Å². The first-order valence-electron chi connectivity index (χ1n) is 8.86. The molecular formula is C17H17F3N6O2S. The highest BCUT2D eigenvalue weighted by Crippen LogP contribution is 2.28. The Morgan fingerprint density at radius 1 is 0.897 bits per heavy atom. The molecule has 0 unspecified atom stereocenters. The van der Waals surface area contributed by atoms with Crippen molar-refractivity contribution in [2.45, 2.75) is 17.5 Å². The third-order valence-corrected chi connectivity index (χ3v) is 6.57. The van der Waals surface area contributed by atoms with Gasteiger partial charge in [-0.05, 0) is 30.7 Å². The quantitative estimate of drug-likeness (QED) is 0.638. The van der Waals surface area contributed by atoms with Crippen LogP contribution in [0.5, 0.6) is 0 Å². The van der Waals surface area contributed by atoms with Crippen LogP contribution < -0.4 is 4.90 Å². The number of anilines is 1. The van der Waals surface area contributed by atoms with E-state index in [0.717, 1.165) is 0 Å². The predicted octanol–water partition coefficient (Wildman–Crippen LogP) is 2.04. The summed E-state index contributed by atoms with van der Waals surface area (Å²) in [6.07, 6.45) is -4.16.